The lowest BCUT2D eigenvalue weighted by atomic mass is 10.0. The van der Waals surface area contributed by atoms with Crippen molar-refractivity contribution in [2.45, 2.75) is 12.8 Å². The Bertz CT molecular complexity index is 567. The first kappa shape index (κ1) is 10.0. The molecular weight excluding hydrogens is 212 g/mol. The average Bonchev–Trinajstić information content (AvgIpc) is 2.90. The van der Waals surface area contributed by atoms with E-state index in [2.05, 4.69) is 28.2 Å². The van der Waals surface area contributed by atoms with Crippen molar-refractivity contribution in [1.29, 1.82) is 0 Å². The summed E-state index contributed by atoms with van der Waals surface area (Å²) in [6, 6.07) is 3.82. The summed E-state index contributed by atoms with van der Waals surface area (Å²) < 4.78 is 5.76. The SMILES string of the molecule is C1=CCCC(c2cnc(-c3cccnc3)o2)=C1. The number of pyridine rings is 1. The molecule has 0 bridgehead atoms. The molecule has 0 N–H and O–H groups in total. The summed E-state index contributed by atoms with van der Waals surface area (Å²) in [5.41, 5.74) is 2.11. The summed E-state index contributed by atoms with van der Waals surface area (Å²) in [5, 5.41) is 0. The molecule has 1 aliphatic carbocycles. The second kappa shape index (κ2) is 4.37. The summed E-state index contributed by atoms with van der Waals surface area (Å²) in [6.45, 7) is 0. The molecule has 0 spiro atoms. The zero-order valence-electron chi connectivity index (χ0n) is 9.34. The van der Waals surface area contributed by atoms with E-state index in [1.165, 1.54) is 5.57 Å². The van der Waals surface area contributed by atoms with Crippen LogP contribution in [0, 0.1) is 0 Å². The quantitative estimate of drug-likeness (QED) is 0.784. The van der Waals surface area contributed by atoms with E-state index in [0.29, 0.717) is 5.89 Å². The zero-order chi connectivity index (χ0) is 11.5. The van der Waals surface area contributed by atoms with E-state index in [-0.39, 0.29) is 0 Å². The average molecular weight is 224 g/mol. The summed E-state index contributed by atoms with van der Waals surface area (Å²) in [6.07, 6.45) is 13.6. The molecule has 2 heterocycles. The highest BCUT2D eigenvalue weighted by Gasteiger charge is 2.10. The Morgan fingerprint density at radius 1 is 1.24 bits per heavy atom. The Morgan fingerprint density at radius 3 is 3.00 bits per heavy atom. The standard InChI is InChI=1S/C14H12N2O/c1-2-5-11(6-3-1)13-10-16-14(17-13)12-7-4-8-15-9-12/h1-2,4-5,7-10H,3,6H2. The lowest BCUT2D eigenvalue weighted by molar-refractivity contribution is 0.557. The highest BCUT2D eigenvalue weighted by atomic mass is 16.4. The number of aromatic nitrogens is 2. The first-order chi connectivity index (χ1) is 8.43. The zero-order valence-corrected chi connectivity index (χ0v) is 9.34. The topological polar surface area (TPSA) is 38.9 Å². The Morgan fingerprint density at radius 2 is 2.24 bits per heavy atom. The van der Waals surface area contributed by atoms with Crippen LogP contribution < -0.4 is 0 Å². The molecule has 3 rings (SSSR count). The number of rotatable bonds is 2. The van der Waals surface area contributed by atoms with Crippen LogP contribution in [-0.2, 0) is 0 Å². The minimum absolute atomic E-state index is 0.628. The van der Waals surface area contributed by atoms with Crippen LogP contribution in [0.15, 0.2) is 53.4 Å². The number of hydrogen-bond donors (Lipinski definition) is 0. The van der Waals surface area contributed by atoms with E-state index in [4.69, 9.17) is 4.42 Å². The molecule has 84 valence electrons. The van der Waals surface area contributed by atoms with Crippen molar-refractivity contribution in [1.82, 2.24) is 9.97 Å². The molecule has 0 aliphatic heterocycles. The molecule has 3 nitrogen and oxygen atoms in total. The Hall–Kier alpha value is -2.16. The molecule has 0 radical (unpaired) electrons. The van der Waals surface area contributed by atoms with Gasteiger partial charge < -0.3 is 4.42 Å². The van der Waals surface area contributed by atoms with Gasteiger partial charge in [0.05, 0.1) is 11.8 Å². The molecule has 0 amide bonds. The van der Waals surface area contributed by atoms with Crippen molar-refractivity contribution >= 4 is 5.57 Å². The second-order valence-corrected chi connectivity index (χ2v) is 3.93. The fourth-order valence-corrected chi connectivity index (χ4v) is 1.85. The number of allylic oxidation sites excluding steroid dienone is 4. The molecule has 2 aromatic rings. The first-order valence-corrected chi connectivity index (χ1v) is 5.66. The molecular formula is C14H12N2O. The van der Waals surface area contributed by atoms with Crippen LogP contribution in [-0.4, -0.2) is 9.97 Å². The predicted octanol–water partition coefficient (Wildman–Crippen LogP) is 3.47. The maximum atomic E-state index is 5.76. The minimum Gasteiger partial charge on any atom is -0.436 e. The maximum Gasteiger partial charge on any atom is 0.228 e. The van der Waals surface area contributed by atoms with Gasteiger partial charge in [0.1, 0.15) is 0 Å². The molecule has 0 unspecified atom stereocenters. The summed E-state index contributed by atoms with van der Waals surface area (Å²) in [5.74, 6) is 1.48. The highest BCUT2D eigenvalue weighted by molar-refractivity contribution is 5.65. The lowest BCUT2D eigenvalue weighted by Crippen LogP contribution is -1.84. The molecule has 1 aliphatic rings. The van der Waals surface area contributed by atoms with Crippen molar-refractivity contribution in [3.05, 3.63) is 54.7 Å². The lowest BCUT2D eigenvalue weighted by Gasteiger charge is -2.04. The third-order valence-electron chi connectivity index (χ3n) is 2.74. The molecule has 0 aromatic carbocycles. The van der Waals surface area contributed by atoms with E-state index in [1.54, 1.807) is 18.6 Å². The van der Waals surface area contributed by atoms with Crippen LogP contribution in [0.2, 0.25) is 0 Å². The summed E-state index contributed by atoms with van der Waals surface area (Å²) >= 11 is 0. The van der Waals surface area contributed by atoms with Crippen molar-refractivity contribution in [2.24, 2.45) is 0 Å². The molecule has 0 fully saturated rings. The van der Waals surface area contributed by atoms with Crippen LogP contribution in [0.3, 0.4) is 0 Å². The Labute approximate surface area is 99.5 Å². The molecule has 0 saturated heterocycles. The normalized spacial score (nSPS) is 14.7. The van der Waals surface area contributed by atoms with Crippen molar-refractivity contribution in [2.75, 3.05) is 0 Å². The van der Waals surface area contributed by atoms with Crippen LogP contribution >= 0.6 is 0 Å². The van der Waals surface area contributed by atoms with E-state index in [1.807, 2.05) is 12.1 Å². The summed E-state index contributed by atoms with van der Waals surface area (Å²) in [7, 11) is 0. The minimum atomic E-state index is 0.628. The van der Waals surface area contributed by atoms with Gasteiger partial charge in [-0.3, -0.25) is 4.98 Å². The third kappa shape index (κ3) is 2.04. The maximum absolute atomic E-state index is 5.76. The fraction of sp³-hybridized carbons (Fsp3) is 0.143. The first-order valence-electron chi connectivity index (χ1n) is 5.66. The third-order valence-corrected chi connectivity index (χ3v) is 2.74. The van der Waals surface area contributed by atoms with Gasteiger partial charge in [-0.2, -0.15) is 0 Å². The highest BCUT2D eigenvalue weighted by Crippen LogP contribution is 2.27. The van der Waals surface area contributed by atoms with Gasteiger partial charge in [-0.05, 0) is 30.5 Å². The van der Waals surface area contributed by atoms with Crippen LogP contribution in [0.25, 0.3) is 17.0 Å². The largest absolute Gasteiger partial charge is 0.436 e. The van der Waals surface area contributed by atoms with E-state index < -0.39 is 0 Å². The number of oxazole rings is 1. The molecule has 0 atom stereocenters. The van der Waals surface area contributed by atoms with Crippen molar-refractivity contribution in [3.63, 3.8) is 0 Å². The summed E-state index contributed by atoms with van der Waals surface area (Å²) in [4.78, 5) is 8.35. The van der Waals surface area contributed by atoms with Gasteiger partial charge in [0.2, 0.25) is 5.89 Å². The van der Waals surface area contributed by atoms with Gasteiger partial charge in [0.15, 0.2) is 5.76 Å². The number of nitrogens with zero attached hydrogens (tertiary/aromatic N) is 2. The Balaban J connectivity index is 1.93. The smallest absolute Gasteiger partial charge is 0.228 e. The van der Waals surface area contributed by atoms with Gasteiger partial charge in [-0.15, -0.1) is 0 Å². The Kier molecular flexibility index (Phi) is 2.58. The van der Waals surface area contributed by atoms with Crippen molar-refractivity contribution in [3.8, 4) is 11.5 Å². The fourth-order valence-electron chi connectivity index (χ4n) is 1.85. The van der Waals surface area contributed by atoms with Gasteiger partial charge in [0.25, 0.3) is 0 Å². The predicted molar refractivity (Wildman–Crippen MR) is 66.1 cm³/mol. The van der Waals surface area contributed by atoms with Gasteiger partial charge in [-0.25, -0.2) is 4.98 Å². The van der Waals surface area contributed by atoms with Crippen molar-refractivity contribution < 1.29 is 4.42 Å². The van der Waals surface area contributed by atoms with E-state index in [0.717, 1.165) is 24.2 Å². The van der Waals surface area contributed by atoms with Gasteiger partial charge >= 0.3 is 0 Å². The monoisotopic (exact) mass is 224 g/mol. The van der Waals surface area contributed by atoms with Gasteiger partial charge in [0, 0.05) is 12.4 Å². The molecule has 0 saturated carbocycles. The van der Waals surface area contributed by atoms with Crippen LogP contribution in [0.4, 0.5) is 0 Å². The molecule has 3 heteroatoms. The van der Waals surface area contributed by atoms with E-state index >= 15 is 0 Å². The van der Waals surface area contributed by atoms with Gasteiger partial charge in [-0.1, -0.05) is 18.2 Å². The number of hydrogen-bond acceptors (Lipinski definition) is 3. The van der Waals surface area contributed by atoms with E-state index in [9.17, 15) is 0 Å². The van der Waals surface area contributed by atoms with Crippen LogP contribution in [0.1, 0.15) is 18.6 Å². The molecule has 17 heavy (non-hydrogen) atoms. The second-order valence-electron chi connectivity index (χ2n) is 3.93. The molecule has 2 aromatic heterocycles. The van der Waals surface area contributed by atoms with Crippen LogP contribution in [0.5, 0.6) is 0 Å².